The van der Waals surface area contributed by atoms with Gasteiger partial charge in [0.05, 0.1) is 25.9 Å². The Morgan fingerprint density at radius 2 is 1.57 bits per heavy atom. The fourth-order valence-electron chi connectivity index (χ4n) is 2.92. The molecule has 0 amide bonds. The van der Waals surface area contributed by atoms with Gasteiger partial charge in [-0.05, 0) is 42.4 Å². The largest absolute Gasteiger partial charge is 0.236 e. The SMILES string of the molecule is CC(C)COOCC1(C)CC(C)CC(OOCC(C)C)C1. The molecular formula is C17H34O4. The van der Waals surface area contributed by atoms with Crippen molar-refractivity contribution in [3.05, 3.63) is 0 Å². The van der Waals surface area contributed by atoms with Crippen LogP contribution in [0.2, 0.25) is 0 Å². The Morgan fingerprint density at radius 1 is 0.952 bits per heavy atom. The Morgan fingerprint density at radius 3 is 2.19 bits per heavy atom. The van der Waals surface area contributed by atoms with Crippen LogP contribution in [0.4, 0.5) is 0 Å². The van der Waals surface area contributed by atoms with Crippen molar-refractivity contribution in [3.63, 3.8) is 0 Å². The van der Waals surface area contributed by atoms with Crippen molar-refractivity contribution in [1.29, 1.82) is 0 Å². The summed E-state index contributed by atoms with van der Waals surface area (Å²) in [6.45, 7) is 14.9. The molecule has 21 heavy (non-hydrogen) atoms. The van der Waals surface area contributed by atoms with Crippen LogP contribution in [0.5, 0.6) is 0 Å². The summed E-state index contributed by atoms with van der Waals surface area (Å²) in [5.41, 5.74) is 0.0977. The second-order valence-corrected chi connectivity index (χ2v) is 7.90. The third-order valence-electron chi connectivity index (χ3n) is 3.72. The van der Waals surface area contributed by atoms with E-state index in [4.69, 9.17) is 19.6 Å². The van der Waals surface area contributed by atoms with Crippen LogP contribution in [0.25, 0.3) is 0 Å². The predicted molar refractivity (Wildman–Crippen MR) is 83.5 cm³/mol. The molecule has 0 bridgehead atoms. The summed E-state index contributed by atoms with van der Waals surface area (Å²) in [5.74, 6) is 1.60. The van der Waals surface area contributed by atoms with Crippen molar-refractivity contribution in [2.24, 2.45) is 23.2 Å². The van der Waals surface area contributed by atoms with Gasteiger partial charge in [0.1, 0.15) is 0 Å². The molecule has 0 aromatic rings. The summed E-state index contributed by atoms with van der Waals surface area (Å²) in [4.78, 5) is 21.7. The maximum absolute atomic E-state index is 5.61. The first-order valence-corrected chi connectivity index (χ1v) is 8.33. The van der Waals surface area contributed by atoms with Crippen molar-refractivity contribution in [3.8, 4) is 0 Å². The van der Waals surface area contributed by atoms with E-state index in [1.54, 1.807) is 0 Å². The van der Waals surface area contributed by atoms with Crippen molar-refractivity contribution in [2.75, 3.05) is 19.8 Å². The summed E-state index contributed by atoms with van der Waals surface area (Å²) < 4.78 is 0. The van der Waals surface area contributed by atoms with Crippen LogP contribution in [-0.2, 0) is 19.6 Å². The van der Waals surface area contributed by atoms with Gasteiger partial charge in [0, 0.05) is 0 Å². The van der Waals surface area contributed by atoms with Crippen LogP contribution in [-0.4, -0.2) is 25.9 Å². The lowest BCUT2D eigenvalue weighted by molar-refractivity contribution is -0.349. The molecule has 0 aliphatic heterocycles. The highest BCUT2D eigenvalue weighted by molar-refractivity contribution is 4.86. The van der Waals surface area contributed by atoms with Gasteiger partial charge in [-0.15, -0.1) is 0 Å². The molecule has 1 rings (SSSR count). The normalized spacial score (nSPS) is 30.3. The van der Waals surface area contributed by atoms with Crippen LogP contribution in [0, 0.1) is 23.2 Å². The van der Waals surface area contributed by atoms with E-state index in [0.29, 0.717) is 37.6 Å². The van der Waals surface area contributed by atoms with E-state index in [0.717, 1.165) is 19.3 Å². The molecule has 1 saturated carbocycles. The van der Waals surface area contributed by atoms with Crippen LogP contribution in [0.1, 0.15) is 60.8 Å². The second-order valence-electron chi connectivity index (χ2n) is 7.90. The Hall–Kier alpha value is -0.160. The smallest absolute Gasteiger partial charge is 0.0938 e. The third-order valence-corrected chi connectivity index (χ3v) is 3.72. The first-order valence-electron chi connectivity index (χ1n) is 8.33. The number of hydrogen-bond donors (Lipinski definition) is 0. The monoisotopic (exact) mass is 302 g/mol. The number of rotatable bonds is 9. The lowest BCUT2D eigenvalue weighted by atomic mass is 9.71. The van der Waals surface area contributed by atoms with E-state index in [1.165, 1.54) is 0 Å². The van der Waals surface area contributed by atoms with Gasteiger partial charge in [-0.1, -0.05) is 41.5 Å². The van der Waals surface area contributed by atoms with Gasteiger partial charge in [0.25, 0.3) is 0 Å². The van der Waals surface area contributed by atoms with Gasteiger partial charge in [0.2, 0.25) is 0 Å². The Balaban J connectivity index is 2.34. The molecule has 1 aliphatic carbocycles. The molecule has 1 aliphatic rings. The first-order chi connectivity index (χ1) is 9.81. The lowest BCUT2D eigenvalue weighted by Crippen LogP contribution is -2.38. The Bertz CT molecular complexity index is 280. The van der Waals surface area contributed by atoms with E-state index in [9.17, 15) is 0 Å². The Labute approximate surface area is 130 Å². The van der Waals surface area contributed by atoms with Gasteiger partial charge in [-0.25, -0.2) is 19.6 Å². The maximum atomic E-state index is 5.61. The Kier molecular flexibility index (Phi) is 8.17. The van der Waals surface area contributed by atoms with Crippen molar-refractivity contribution >= 4 is 0 Å². The van der Waals surface area contributed by atoms with Gasteiger partial charge in [0.15, 0.2) is 0 Å². The minimum absolute atomic E-state index is 0.0977. The maximum Gasteiger partial charge on any atom is 0.0938 e. The summed E-state index contributed by atoms with van der Waals surface area (Å²) >= 11 is 0. The lowest BCUT2D eigenvalue weighted by Gasteiger charge is -2.39. The first kappa shape index (κ1) is 18.9. The molecule has 0 N–H and O–H groups in total. The standard InChI is InChI=1S/C17H34O4/c1-13(2)10-18-20-12-17(6)8-15(5)7-16(9-17)21-19-11-14(3)4/h13-16H,7-12H2,1-6H3. The molecule has 0 saturated heterocycles. The van der Waals surface area contributed by atoms with E-state index in [1.807, 2.05) is 0 Å². The average molecular weight is 302 g/mol. The zero-order valence-electron chi connectivity index (χ0n) is 14.7. The van der Waals surface area contributed by atoms with E-state index >= 15 is 0 Å². The molecule has 0 spiro atoms. The van der Waals surface area contributed by atoms with Gasteiger partial charge in [-0.3, -0.25) is 0 Å². The molecule has 3 atom stereocenters. The van der Waals surface area contributed by atoms with Crippen LogP contribution in [0.3, 0.4) is 0 Å². The topological polar surface area (TPSA) is 36.9 Å². The highest BCUT2D eigenvalue weighted by atomic mass is 17.2. The van der Waals surface area contributed by atoms with E-state index < -0.39 is 0 Å². The quantitative estimate of drug-likeness (QED) is 0.359. The molecule has 4 nitrogen and oxygen atoms in total. The van der Waals surface area contributed by atoms with E-state index in [2.05, 4.69) is 41.5 Å². The van der Waals surface area contributed by atoms with Gasteiger partial charge >= 0.3 is 0 Å². The molecule has 3 unspecified atom stereocenters. The molecular weight excluding hydrogens is 268 g/mol. The highest BCUT2D eigenvalue weighted by Gasteiger charge is 2.37. The van der Waals surface area contributed by atoms with Gasteiger partial charge in [-0.2, -0.15) is 0 Å². The highest BCUT2D eigenvalue weighted by Crippen LogP contribution is 2.40. The molecule has 0 radical (unpaired) electrons. The van der Waals surface area contributed by atoms with Crippen LogP contribution < -0.4 is 0 Å². The van der Waals surface area contributed by atoms with Crippen molar-refractivity contribution < 1.29 is 19.6 Å². The average Bonchev–Trinajstić information content (AvgIpc) is 2.33. The zero-order chi connectivity index (χ0) is 15.9. The van der Waals surface area contributed by atoms with Crippen LogP contribution in [0.15, 0.2) is 0 Å². The molecule has 1 fully saturated rings. The van der Waals surface area contributed by atoms with Crippen LogP contribution >= 0.6 is 0 Å². The van der Waals surface area contributed by atoms with E-state index in [-0.39, 0.29) is 11.5 Å². The predicted octanol–water partition coefficient (Wildman–Crippen LogP) is 4.39. The fourth-order valence-corrected chi connectivity index (χ4v) is 2.92. The number of hydrogen-bond acceptors (Lipinski definition) is 4. The molecule has 0 heterocycles. The second kappa shape index (κ2) is 9.09. The fraction of sp³-hybridized carbons (Fsp3) is 1.00. The third kappa shape index (κ3) is 8.15. The zero-order valence-corrected chi connectivity index (χ0v) is 14.7. The summed E-state index contributed by atoms with van der Waals surface area (Å²) in [5, 5.41) is 0. The van der Waals surface area contributed by atoms with Crippen molar-refractivity contribution in [1.82, 2.24) is 0 Å². The minimum Gasteiger partial charge on any atom is -0.236 e. The minimum atomic E-state index is 0.0977. The van der Waals surface area contributed by atoms with Crippen molar-refractivity contribution in [2.45, 2.75) is 66.9 Å². The summed E-state index contributed by atoms with van der Waals surface area (Å²) in [6.07, 6.45) is 3.31. The molecule has 0 aromatic heterocycles. The molecule has 4 heteroatoms. The van der Waals surface area contributed by atoms with Gasteiger partial charge < -0.3 is 0 Å². The molecule has 126 valence electrons. The molecule has 0 aromatic carbocycles. The summed E-state index contributed by atoms with van der Waals surface area (Å²) in [6, 6.07) is 0. The summed E-state index contributed by atoms with van der Waals surface area (Å²) in [7, 11) is 0.